The first-order valence-corrected chi connectivity index (χ1v) is 6.78. The molecule has 0 saturated carbocycles. The Morgan fingerprint density at radius 1 is 0.682 bits per heavy atom. The summed E-state index contributed by atoms with van der Waals surface area (Å²) in [5.74, 6) is -3.84. The molecule has 0 spiro atoms. The van der Waals surface area contributed by atoms with Gasteiger partial charge in [0.1, 0.15) is 0 Å². The largest absolute Gasteiger partial charge is 0.355 e. The fourth-order valence-corrected chi connectivity index (χ4v) is 2.69. The van der Waals surface area contributed by atoms with E-state index in [-0.39, 0.29) is 5.56 Å². The average molecular weight is 297 g/mol. The monoisotopic (exact) mass is 297 g/mol. The fourth-order valence-electron chi connectivity index (χ4n) is 2.69. The Hall–Kier alpha value is -2.75. The van der Waals surface area contributed by atoms with Crippen LogP contribution in [0.3, 0.4) is 0 Å². The number of hydrogen-bond donors (Lipinski definition) is 1. The van der Waals surface area contributed by atoms with Crippen molar-refractivity contribution in [2.45, 2.75) is 0 Å². The summed E-state index contributed by atoms with van der Waals surface area (Å²) in [6.45, 7) is 0. The van der Waals surface area contributed by atoms with Gasteiger partial charge in [0, 0.05) is 22.2 Å². The van der Waals surface area contributed by atoms with Crippen molar-refractivity contribution in [1.29, 1.82) is 0 Å². The summed E-state index contributed by atoms with van der Waals surface area (Å²) in [5.41, 5.74) is 1.68. The van der Waals surface area contributed by atoms with E-state index in [4.69, 9.17) is 0 Å². The van der Waals surface area contributed by atoms with E-state index >= 15 is 0 Å². The summed E-state index contributed by atoms with van der Waals surface area (Å²) in [6.07, 6.45) is 0. The van der Waals surface area contributed by atoms with Gasteiger partial charge in [-0.15, -0.1) is 0 Å². The normalized spacial score (nSPS) is 11.4. The molecular weight excluding hydrogens is 287 g/mol. The fraction of sp³-hybridized carbons (Fsp3) is 0. The number of H-pyrrole nitrogens is 1. The summed E-state index contributed by atoms with van der Waals surface area (Å²) in [4.78, 5) is 3.12. The minimum absolute atomic E-state index is 0.275. The van der Waals surface area contributed by atoms with Crippen LogP contribution in [0.2, 0.25) is 0 Å². The van der Waals surface area contributed by atoms with Gasteiger partial charge >= 0.3 is 0 Å². The molecule has 4 heteroatoms. The van der Waals surface area contributed by atoms with Crippen molar-refractivity contribution in [3.63, 3.8) is 0 Å². The van der Waals surface area contributed by atoms with E-state index in [1.165, 1.54) is 0 Å². The first-order valence-electron chi connectivity index (χ1n) is 6.78. The van der Waals surface area contributed by atoms with Crippen LogP contribution in [0.15, 0.2) is 54.6 Å². The maximum atomic E-state index is 13.4. The highest BCUT2D eigenvalue weighted by Crippen LogP contribution is 2.29. The van der Waals surface area contributed by atoms with Crippen LogP contribution in [0, 0.1) is 17.5 Å². The maximum Gasteiger partial charge on any atom is 0.194 e. The molecule has 0 atom stereocenters. The van der Waals surface area contributed by atoms with E-state index in [2.05, 4.69) is 4.98 Å². The van der Waals surface area contributed by atoms with Crippen LogP contribution in [0.1, 0.15) is 0 Å². The maximum absolute atomic E-state index is 13.4. The lowest BCUT2D eigenvalue weighted by molar-refractivity contribution is 0.447. The van der Waals surface area contributed by atoms with Crippen LogP contribution < -0.4 is 0 Å². The first kappa shape index (κ1) is 13.0. The van der Waals surface area contributed by atoms with Crippen molar-refractivity contribution in [3.8, 4) is 11.3 Å². The highest BCUT2D eigenvalue weighted by molar-refractivity contribution is 5.98. The molecule has 1 heterocycles. The van der Waals surface area contributed by atoms with E-state index in [0.29, 0.717) is 5.69 Å². The predicted octanol–water partition coefficient (Wildman–Crippen LogP) is 5.41. The molecule has 0 unspecified atom stereocenters. The SMILES string of the molecule is Fc1cc(-c2cc3cc4ccccc4cc3[nH]2)cc(F)c1F. The summed E-state index contributed by atoms with van der Waals surface area (Å²) >= 11 is 0. The van der Waals surface area contributed by atoms with Gasteiger partial charge in [0.05, 0.1) is 0 Å². The molecule has 0 amide bonds. The van der Waals surface area contributed by atoms with Gasteiger partial charge < -0.3 is 4.98 Å². The Labute approximate surface area is 124 Å². The summed E-state index contributed by atoms with van der Waals surface area (Å²) in [5, 5.41) is 3.08. The molecule has 22 heavy (non-hydrogen) atoms. The van der Waals surface area contributed by atoms with Gasteiger partial charge in [-0.2, -0.15) is 0 Å². The number of nitrogens with one attached hydrogen (secondary N) is 1. The van der Waals surface area contributed by atoms with E-state index in [1.54, 1.807) is 6.07 Å². The van der Waals surface area contributed by atoms with E-state index in [9.17, 15) is 13.2 Å². The van der Waals surface area contributed by atoms with E-state index < -0.39 is 17.5 Å². The number of rotatable bonds is 1. The van der Waals surface area contributed by atoms with Crippen LogP contribution in [0.5, 0.6) is 0 Å². The first-order chi connectivity index (χ1) is 10.6. The molecule has 0 saturated heterocycles. The molecule has 0 bridgehead atoms. The zero-order chi connectivity index (χ0) is 15.3. The summed E-state index contributed by atoms with van der Waals surface area (Å²) in [7, 11) is 0. The second-order valence-electron chi connectivity index (χ2n) is 5.22. The minimum atomic E-state index is -1.45. The third kappa shape index (κ3) is 1.96. The molecule has 0 aliphatic rings. The van der Waals surface area contributed by atoms with Crippen molar-refractivity contribution in [3.05, 3.63) is 72.0 Å². The van der Waals surface area contributed by atoms with Gasteiger partial charge in [-0.1, -0.05) is 24.3 Å². The topological polar surface area (TPSA) is 15.8 Å². The summed E-state index contributed by atoms with van der Waals surface area (Å²) in [6, 6.07) is 15.6. The lowest BCUT2D eigenvalue weighted by atomic mass is 10.1. The molecule has 4 rings (SSSR count). The molecule has 3 aromatic carbocycles. The molecular formula is C18H10F3N. The van der Waals surface area contributed by atoms with Crippen LogP contribution >= 0.6 is 0 Å². The van der Waals surface area contributed by atoms with Crippen molar-refractivity contribution < 1.29 is 13.2 Å². The summed E-state index contributed by atoms with van der Waals surface area (Å²) < 4.78 is 39.8. The molecule has 4 aromatic rings. The Balaban J connectivity index is 1.94. The van der Waals surface area contributed by atoms with Gasteiger partial charge in [0.25, 0.3) is 0 Å². The highest BCUT2D eigenvalue weighted by Gasteiger charge is 2.13. The lowest BCUT2D eigenvalue weighted by Crippen LogP contribution is -1.91. The van der Waals surface area contributed by atoms with Gasteiger partial charge in [-0.3, -0.25) is 0 Å². The standard InChI is InChI=1S/C18H10F3N/c19-14-6-13(7-15(20)18(14)21)17-9-12-5-10-3-1-2-4-11(10)8-16(12)22-17/h1-9,22H. The third-order valence-corrected chi connectivity index (χ3v) is 3.78. The van der Waals surface area contributed by atoms with Gasteiger partial charge in [-0.05, 0) is 41.1 Å². The van der Waals surface area contributed by atoms with E-state index in [0.717, 1.165) is 33.8 Å². The predicted molar refractivity (Wildman–Crippen MR) is 81.1 cm³/mol. The van der Waals surface area contributed by atoms with Crippen molar-refractivity contribution >= 4 is 21.7 Å². The molecule has 0 aliphatic heterocycles. The molecule has 0 aliphatic carbocycles. The van der Waals surface area contributed by atoms with Crippen LogP contribution in [-0.2, 0) is 0 Å². The van der Waals surface area contributed by atoms with Gasteiger partial charge in [-0.25, -0.2) is 13.2 Å². The number of aromatic amines is 1. The molecule has 0 radical (unpaired) electrons. The number of fused-ring (bicyclic) bond motifs is 2. The second kappa shape index (κ2) is 4.63. The Bertz CT molecular complexity index is 942. The Morgan fingerprint density at radius 3 is 2.00 bits per heavy atom. The Kier molecular flexibility index (Phi) is 2.73. The van der Waals surface area contributed by atoms with Gasteiger partial charge in [0.15, 0.2) is 17.5 Å². The molecule has 0 fully saturated rings. The third-order valence-electron chi connectivity index (χ3n) is 3.78. The van der Waals surface area contributed by atoms with Crippen LogP contribution in [-0.4, -0.2) is 4.98 Å². The molecule has 108 valence electrons. The molecule has 1 N–H and O–H groups in total. The van der Waals surface area contributed by atoms with Crippen molar-refractivity contribution in [1.82, 2.24) is 4.98 Å². The van der Waals surface area contributed by atoms with E-state index in [1.807, 2.05) is 36.4 Å². The number of aromatic nitrogens is 1. The second-order valence-corrected chi connectivity index (χ2v) is 5.22. The van der Waals surface area contributed by atoms with Crippen molar-refractivity contribution in [2.24, 2.45) is 0 Å². The lowest BCUT2D eigenvalue weighted by Gasteiger charge is -2.00. The number of halogens is 3. The minimum Gasteiger partial charge on any atom is -0.355 e. The quantitative estimate of drug-likeness (QED) is 0.452. The zero-order valence-corrected chi connectivity index (χ0v) is 11.3. The molecule has 1 aromatic heterocycles. The number of benzene rings is 3. The van der Waals surface area contributed by atoms with Gasteiger partial charge in [0.2, 0.25) is 0 Å². The molecule has 1 nitrogen and oxygen atoms in total. The Morgan fingerprint density at radius 2 is 1.32 bits per heavy atom. The zero-order valence-electron chi connectivity index (χ0n) is 11.3. The highest BCUT2D eigenvalue weighted by atomic mass is 19.2. The van der Waals surface area contributed by atoms with Crippen LogP contribution in [0.25, 0.3) is 32.9 Å². The van der Waals surface area contributed by atoms with Crippen LogP contribution in [0.4, 0.5) is 13.2 Å². The smallest absolute Gasteiger partial charge is 0.194 e. The van der Waals surface area contributed by atoms with Crippen molar-refractivity contribution in [2.75, 3.05) is 0 Å². The number of hydrogen-bond acceptors (Lipinski definition) is 0. The average Bonchev–Trinajstić information content (AvgIpc) is 2.92.